The van der Waals surface area contributed by atoms with Crippen molar-refractivity contribution in [2.45, 2.75) is 103 Å². The lowest BCUT2D eigenvalue weighted by Crippen LogP contribution is -2.07. The summed E-state index contributed by atoms with van der Waals surface area (Å²) in [5.74, 6) is 9.31. The Morgan fingerprint density at radius 1 is 0.625 bits per heavy atom. The molecule has 0 aliphatic rings. The van der Waals surface area contributed by atoms with Crippen LogP contribution in [0.2, 0.25) is 0 Å². The van der Waals surface area contributed by atoms with E-state index in [2.05, 4.69) is 29.1 Å². The van der Waals surface area contributed by atoms with Crippen LogP contribution in [0.3, 0.4) is 0 Å². The maximum atomic E-state index is 5.48. The lowest BCUT2D eigenvalue weighted by atomic mass is 10.1. The van der Waals surface area contributed by atoms with Crippen LogP contribution in [0.4, 0.5) is 0 Å². The van der Waals surface area contributed by atoms with Crippen molar-refractivity contribution < 1.29 is 0 Å². The van der Waals surface area contributed by atoms with Crippen LogP contribution in [0.5, 0.6) is 0 Å². The van der Waals surface area contributed by atoms with Gasteiger partial charge in [0, 0.05) is 25.4 Å². The molecule has 0 aromatic heterocycles. The summed E-state index contributed by atoms with van der Waals surface area (Å²) in [7, 11) is 0. The van der Waals surface area contributed by atoms with Crippen LogP contribution >= 0.6 is 0 Å². The highest BCUT2D eigenvalue weighted by Gasteiger charge is 1.91. The summed E-state index contributed by atoms with van der Waals surface area (Å²) in [6, 6.07) is 3.10. The molecule has 2 nitrogen and oxygen atoms in total. The maximum absolute atomic E-state index is 5.48. The molecule has 0 spiro atoms. The van der Waals surface area contributed by atoms with Crippen molar-refractivity contribution in [3.63, 3.8) is 0 Å². The molecule has 0 aliphatic carbocycles. The van der Waals surface area contributed by atoms with Gasteiger partial charge in [0.1, 0.15) is 0 Å². The van der Waals surface area contributed by atoms with Gasteiger partial charge in [-0.05, 0) is 39.2 Å². The molecular formula is C22H40N2. The molecule has 24 heavy (non-hydrogen) atoms. The lowest BCUT2D eigenvalue weighted by molar-refractivity contribution is 0.585. The number of nitrogens with one attached hydrogen (secondary N) is 1. The van der Waals surface area contributed by atoms with Gasteiger partial charge in [-0.2, -0.15) is 0 Å². The molecule has 138 valence electrons. The van der Waals surface area contributed by atoms with Crippen molar-refractivity contribution in [3.8, 4) is 23.8 Å². The van der Waals surface area contributed by atoms with Crippen LogP contribution in [0, 0.1) is 23.8 Å². The van der Waals surface area contributed by atoms with Gasteiger partial charge >= 0.3 is 0 Å². The van der Waals surface area contributed by atoms with Crippen molar-refractivity contribution in [2.24, 2.45) is 5.73 Å². The normalized spacial score (nSPS) is 9.75. The second-order valence-corrected chi connectivity index (χ2v) is 6.54. The third-order valence-electron chi connectivity index (χ3n) is 4.21. The number of hydrogen-bond acceptors (Lipinski definition) is 2. The second-order valence-electron chi connectivity index (χ2n) is 6.54. The van der Waals surface area contributed by atoms with Gasteiger partial charge in [0.15, 0.2) is 0 Å². The fourth-order valence-corrected chi connectivity index (χ4v) is 2.69. The van der Waals surface area contributed by atoms with Crippen LogP contribution in [-0.4, -0.2) is 13.1 Å². The molecule has 3 N–H and O–H groups in total. The molecule has 0 heterocycles. The zero-order chi connectivity index (χ0) is 17.6. The van der Waals surface area contributed by atoms with E-state index < -0.39 is 0 Å². The van der Waals surface area contributed by atoms with Crippen molar-refractivity contribution in [1.29, 1.82) is 0 Å². The average Bonchev–Trinajstić information content (AvgIpc) is 2.60. The molecule has 0 rings (SSSR count). The Labute approximate surface area is 151 Å². The quantitative estimate of drug-likeness (QED) is 0.226. The summed E-state index contributed by atoms with van der Waals surface area (Å²) in [4.78, 5) is 0. The van der Waals surface area contributed by atoms with Gasteiger partial charge in [-0.1, -0.05) is 63.7 Å². The Bertz CT molecular complexity index is 354. The van der Waals surface area contributed by atoms with Gasteiger partial charge in [-0.25, -0.2) is 0 Å². The first kappa shape index (κ1) is 22.9. The van der Waals surface area contributed by atoms with E-state index in [0.717, 1.165) is 25.9 Å². The largest absolute Gasteiger partial charge is 0.346 e. The molecule has 0 radical (unpaired) electrons. The highest BCUT2D eigenvalue weighted by molar-refractivity contribution is 4.96. The third-order valence-corrected chi connectivity index (χ3v) is 4.21. The standard InChI is InChI=1S/C22H40N2/c1-2-3-4-5-6-9-12-15-18-21-24-22-19-16-13-10-7-8-11-14-17-20-23/h24H,4-18,20-21,23H2,1H3. The van der Waals surface area contributed by atoms with Crippen molar-refractivity contribution in [1.82, 2.24) is 5.32 Å². The monoisotopic (exact) mass is 332 g/mol. The zero-order valence-corrected chi connectivity index (χ0v) is 16.1. The molecular weight excluding hydrogens is 292 g/mol. The summed E-state index contributed by atoms with van der Waals surface area (Å²) in [6.45, 7) is 3.80. The minimum Gasteiger partial charge on any atom is -0.346 e. The van der Waals surface area contributed by atoms with Crippen molar-refractivity contribution in [3.05, 3.63) is 0 Å². The first-order valence-corrected chi connectivity index (χ1v) is 10.2. The summed E-state index contributed by atoms with van der Waals surface area (Å²) < 4.78 is 0. The minimum atomic E-state index is 0.845. The van der Waals surface area contributed by atoms with E-state index in [-0.39, 0.29) is 0 Å². The van der Waals surface area contributed by atoms with E-state index in [1.165, 1.54) is 83.5 Å². The second kappa shape index (κ2) is 21.9. The third kappa shape index (κ3) is 20.9. The maximum Gasteiger partial charge on any atom is 0.0229 e. The van der Waals surface area contributed by atoms with Gasteiger partial charge in [0.05, 0.1) is 0 Å². The van der Waals surface area contributed by atoms with E-state index in [1.807, 2.05) is 6.92 Å². The summed E-state index contributed by atoms with van der Waals surface area (Å²) in [5.41, 5.74) is 5.48. The van der Waals surface area contributed by atoms with Crippen LogP contribution in [0.25, 0.3) is 0 Å². The van der Waals surface area contributed by atoms with E-state index in [0.29, 0.717) is 0 Å². The molecule has 0 bridgehead atoms. The predicted octanol–water partition coefficient (Wildman–Crippen LogP) is 5.37. The Hall–Kier alpha value is -1.12. The molecule has 0 aromatic rings. The molecule has 0 amide bonds. The molecule has 0 atom stereocenters. The number of unbranched alkanes of at least 4 members (excludes halogenated alkanes) is 13. The van der Waals surface area contributed by atoms with Crippen molar-refractivity contribution >= 4 is 0 Å². The summed E-state index contributed by atoms with van der Waals surface area (Å²) in [5, 5.41) is 3.24. The Morgan fingerprint density at radius 2 is 1.12 bits per heavy atom. The van der Waals surface area contributed by atoms with Crippen LogP contribution in [0.15, 0.2) is 0 Å². The van der Waals surface area contributed by atoms with Crippen LogP contribution in [0.1, 0.15) is 103 Å². The minimum absolute atomic E-state index is 0.845. The molecule has 0 aliphatic heterocycles. The molecule has 0 unspecified atom stereocenters. The fourth-order valence-electron chi connectivity index (χ4n) is 2.69. The summed E-state index contributed by atoms with van der Waals surface area (Å²) >= 11 is 0. The number of rotatable bonds is 16. The van der Waals surface area contributed by atoms with Gasteiger partial charge in [0.2, 0.25) is 0 Å². The lowest BCUT2D eigenvalue weighted by Gasteiger charge is -2.00. The average molecular weight is 333 g/mol. The topological polar surface area (TPSA) is 38.0 Å². The smallest absolute Gasteiger partial charge is 0.0229 e. The van der Waals surface area contributed by atoms with E-state index in [4.69, 9.17) is 5.73 Å². The molecule has 0 saturated heterocycles. The van der Waals surface area contributed by atoms with E-state index in [1.54, 1.807) is 0 Å². The summed E-state index contributed by atoms with van der Waals surface area (Å²) in [6.07, 6.45) is 19.1. The van der Waals surface area contributed by atoms with Gasteiger partial charge < -0.3 is 11.1 Å². The Kier molecular flexibility index (Phi) is 20.9. The SMILES string of the molecule is CC#CCCCCCCCCNC#CCCCCCCCCCN. The highest BCUT2D eigenvalue weighted by atomic mass is 14.8. The first-order chi connectivity index (χ1) is 11.9. The van der Waals surface area contributed by atoms with Gasteiger partial charge in [-0.3, -0.25) is 0 Å². The van der Waals surface area contributed by atoms with Gasteiger partial charge in [0.25, 0.3) is 0 Å². The number of hydrogen-bond donors (Lipinski definition) is 2. The fraction of sp³-hybridized carbons (Fsp3) is 0.818. The van der Waals surface area contributed by atoms with Gasteiger partial charge in [-0.15, -0.1) is 11.8 Å². The van der Waals surface area contributed by atoms with E-state index in [9.17, 15) is 0 Å². The first-order valence-electron chi connectivity index (χ1n) is 10.2. The predicted molar refractivity (Wildman–Crippen MR) is 108 cm³/mol. The molecule has 0 saturated carbocycles. The number of nitrogens with two attached hydrogens (primary N) is 1. The highest BCUT2D eigenvalue weighted by Crippen LogP contribution is 2.08. The Morgan fingerprint density at radius 3 is 1.71 bits per heavy atom. The van der Waals surface area contributed by atoms with Crippen molar-refractivity contribution in [2.75, 3.05) is 13.1 Å². The Balaban J connectivity index is 3.10. The molecule has 0 fully saturated rings. The molecule has 2 heteroatoms. The zero-order valence-electron chi connectivity index (χ0n) is 16.1. The van der Waals surface area contributed by atoms with Crippen LogP contribution in [-0.2, 0) is 0 Å². The van der Waals surface area contributed by atoms with E-state index >= 15 is 0 Å². The van der Waals surface area contributed by atoms with Crippen LogP contribution < -0.4 is 11.1 Å². The molecule has 0 aromatic carbocycles.